The predicted octanol–water partition coefficient (Wildman–Crippen LogP) is 1.70. The Morgan fingerprint density at radius 3 is 3.00 bits per heavy atom. The highest BCUT2D eigenvalue weighted by atomic mass is 79.9. The van der Waals surface area contributed by atoms with E-state index in [4.69, 9.17) is 4.74 Å². The molecule has 0 unspecified atom stereocenters. The molecule has 1 aromatic rings. The molecule has 1 heterocycles. The lowest BCUT2D eigenvalue weighted by molar-refractivity contribution is 0.0965. The molecule has 0 aliphatic carbocycles. The molecule has 0 saturated heterocycles. The van der Waals surface area contributed by atoms with Gasteiger partial charge in [0.1, 0.15) is 5.75 Å². The molecule has 1 aliphatic rings. The van der Waals surface area contributed by atoms with E-state index in [1.165, 1.54) is 0 Å². The first-order valence-corrected chi connectivity index (χ1v) is 4.67. The molecule has 0 bridgehead atoms. The molecule has 68 valence electrons. The van der Waals surface area contributed by atoms with Gasteiger partial charge >= 0.3 is 0 Å². The van der Waals surface area contributed by atoms with E-state index in [0.717, 1.165) is 15.8 Å². The Hall–Kier alpha value is -1.03. The van der Waals surface area contributed by atoms with Crippen molar-refractivity contribution in [2.24, 2.45) is 0 Å². The third kappa shape index (κ3) is 1.21. The molecule has 0 atom stereocenters. The van der Waals surface area contributed by atoms with E-state index in [1.807, 2.05) is 12.1 Å². The second-order valence-electron chi connectivity index (χ2n) is 2.79. The summed E-state index contributed by atoms with van der Waals surface area (Å²) in [6, 6.07) is 3.67. The van der Waals surface area contributed by atoms with Crippen LogP contribution in [0.25, 0.3) is 0 Å². The number of rotatable bonds is 1. The molecular formula is C9H8BrNO2. The molecule has 0 fully saturated rings. The number of carbonyl (C=O) groups is 1. The summed E-state index contributed by atoms with van der Waals surface area (Å²) in [6.07, 6.45) is 0. The van der Waals surface area contributed by atoms with Crippen molar-refractivity contribution in [2.45, 2.75) is 6.54 Å². The summed E-state index contributed by atoms with van der Waals surface area (Å²) in [5.41, 5.74) is 1.63. The number of methoxy groups -OCH3 is 1. The minimum atomic E-state index is -0.0409. The normalized spacial score (nSPS) is 13.8. The van der Waals surface area contributed by atoms with Crippen LogP contribution in [0.4, 0.5) is 0 Å². The largest absolute Gasteiger partial charge is 0.496 e. The zero-order chi connectivity index (χ0) is 9.42. The highest BCUT2D eigenvalue weighted by Gasteiger charge is 2.24. The van der Waals surface area contributed by atoms with Crippen LogP contribution >= 0.6 is 15.9 Å². The smallest absolute Gasteiger partial charge is 0.253 e. The molecule has 0 radical (unpaired) electrons. The van der Waals surface area contributed by atoms with Gasteiger partial charge in [0.05, 0.1) is 12.7 Å². The van der Waals surface area contributed by atoms with Crippen molar-refractivity contribution in [1.29, 1.82) is 0 Å². The van der Waals surface area contributed by atoms with Gasteiger partial charge in [-0.1, -0.05) is 0 Å². The van der Waals surface area contributed by atoms with E-state index in [9.17, 15) is 4.79 Å². The van der Waals surface area contributed by atoms with Gasteiger partial charge in [-0.2, -0.15) is 0 Å². The zero-order valence-corrected chi connectivity index (χ0v) is 8.64. The number of halogens is 1. The summed E-state index contributed by atoms with van der Waals surface area (Å²) in [5.74, 6) is 0.720. The van der Waals surface area contributed by atoms with Gasteiger partial charge in [0.2, 0.25) is 0 Å². The highest BCUT2D eigenvalue weighted by molar-refractivity contribution is 9.10. The van der Waals surface area contributed by atoms with Crippen LogP contribution in [0.3, 0.4) is 0 Å². The van der Waals surface area contributed by atoms with E-state index in [2.05, 4.69) is 21.2 Å². The summed E-state index contributed by atoms with van der Waals surface area (Å²) < 4.78 is 5.97. The molecule has 4 heteroatoms. The molecule has 3 nitrogen and oxygen atoms in total. The van der Waals surface area contributed by atoms with Crippen LogP contribution in [0.2, 0.25) is 0 Å². The first-order valence-electron chi connectivity index (χ1n) is 3.87. The predicted molar refractivity (Wildman–Crippen MR) is 51.9 cm³/mol. The Morgan fingerprint density at radius 1 is 1.54 bits per heavy atom. The van der Waals surface area contributed by atoms with Crippen molar-refractivity contribution >= 4 is 21.8 Å². The topological polar surface area (TPSA) is 38.3 Å². The Kier molecular flexibility index (Phi) is 2.00. The van der Waals surface area contributed by atoms with Crippen LogP contribution in [0.15, 0.2) is 16.6 Å². The molecule has 0 aromatic heterocycles. The molecule has 2 rings (SSSR count). The van der Waals surface area contributed by atoms with Crippen molar-refractivity contribution in [3.63, 3.8) is 0 Å². The number of nitrogens with one attached hydrogen (secondary N) is 1. The molecule has 13 heavy (non-hydrogen) atoms. The third-order valence-electron chi connectivity index (χ3n) is 2.09. The van der Waals surface area contributed by atoms with Gasteiger partial charge in [0, 0.05) is 16.6 Å². The lowest BCUT2D eigenvalue weighted by Gasteiger charge is -2.05. The van der Waals surface area contributed by atoms with E-state index in [1.54, 1.807) is 7.11 Å². The van der Waals surface area contributed by atoms with Gasteiger partial charge in [-0.3, -0.25) is 4.79 Å². The average molecular weight is 242 g/mol. The molecule has 0 saturated carbocycles. The van der Waals surface area contributed by atoms with Crippen molar-refractivity contribution in [3.8, 4) is 5.75 Å². The monoisotopic (exact) mass is 241 g/mol. The Morgan fingerprint density at radius 2 is 2.31 bits per heavy atom. The highest BCUT2D eigenvalue weighted by Crippen LogP contribution is 2.31. The van der Waals surface area contributed by atoms with E-state index >= 15 is 0 Å². The molecule has 1 aliphatic heterocycles. The zero-order valence-electron chi connectivity index (χ0n) is 7.06. The maximum Gasteiger partial charge on any atom is 0.253 e. The van der Waals surface area contributed by atoms with Gasteiger partial charge in [-0.15, -0.1) is 0 Å². The maximum absolute atomic E-state index is 11.4. The van der Waals surface area contributed by atoms with Crippen LogP contribution in [0.1, 0.15) is 15.9 Å². The summed E-state index contributed by atoms with van der Waals surface area (Å²) >= 11 is 3.33. The van der Waals surface area contributed by atoms with E-state index in [0.29, 0.717) is 12.1 Å². The number of hydrogen-bond donors (Lipinski definition) is 1. The molecule has 1 aromatic carbocycles. The van der Waals surface area contributed by atoms with Crippen molar-refractivity contribution in [1.82, 2.24) is 5.32 Å². The van der Waals surface area contributed by atoms with Gasteiger partial charge in [-0.05, 0) is 28.1 Å². The number of hydrogen-bond acceptors (Lipinski definition) is 2. The van der Waals surface area contributed by atoms with Gasteiger partial charge in [0.25, 0.3) is 5.91 Å². The fourth-order valence-corrected chi connectivity index (χ4v) is 2.02. The summed E-state index contributed by atoms with van der Waals surface area (Å²) in [7, 11) is 1.60. The lowest BCUT2D eigenvalue weighted by atomic mass is 10.1. The molecule has 0 spiro atoms. The molecule has 1 amide bonds. The first-order chi connectivity index (χ1) is 6.24. The minimum Gasteiger partial charge on any atom is -0.496 e. The number of amides is 1. The number of benzene rings is 1. The number of carbonyl (C=O) groups excluding carboxylic acids is 1. The van der Waals surface area contributed by atoms with Crippen molar-refractivity contribution in [2.75, 3.05) is 7.11 Å². The summed E-state index contributed by atoms with van der Waals surface area (Å²) in [5, 5.41) is 2.75. The Labute approximate surface area is 84.2 Å². The minimum absolute atomic E-state index is 0.0409. The maximum atomic E-state index is 11.4. The van der Waals surface area contributed by atoms with Crippen molar-refractivity contribution in [3.05, 3.63) is 27.7 Å². The summed E-state index contributed by atoms with van der Waals surface area (Å²) in [6.45, 7) is 0.552. The fraction of sp³-hybridized carbons (Fsp3) is 0.222. The van der Waals surface area contributed by atoms with Crippen LogP contribution in [0.5, 0.6) is 5.75 Å². The molecule has 1 N–H and O–H groups in total. The quantitative estimate of drug-likeness (QED) is 0.813. The van der Waals surface area contributed by atoms with E-state index < -0.39 is 0 Å². The van der Waals surface area contributed by atoms with Crippen LogP contribution in [0, 0.1) is 0 Å². The SMILES string of the molecule is COc1ccc(Br)c2c1CNC2=O. The fourth-order valence-electron chi connectivity index (χ4n) is 1.47. The third-order valence-corrected chi connectivity index (χ3v) is 2.75. The number of ether oxygens (including phenoxy) is 1. The van der Waals surface area contributed by atoms with Gasteiger partial charge in [0.15, 0.2) is 0 Å². The second-order valence-corrected chi connectivity index (χ2v) is 3.64. The number of fused-ring (bicyclic) bond motifs is 1. The Bertz CT molecular complexity index is 376. The molecular weight excluding hydrogens is 234 g/mol. The van der Waals surface area contributed by atoms with Gasteiger partial charge < -0.3 is 10.1 Å². The van der Waals surface area contributed by atoms with Crippen LogP contribution in [-0.4, -0.2) is 13.0 Å². The standard InChI is InChI=1S/C9H8BrNO2/c1-13-7-3-2-6(10)8-5(7)4-11-9(8)12/h2-3H,4H2,1H3,(H,11,12). The average Bonchev–Trinajstić information content (AvgIpc) is 2.50. The van der Waals surface area contributed by atoms with E-state index in [-0.39, 0.29) is 5.91 Å². The Balaban J connectivity index is 2.65. The van der Waals surface area contributed by atoms with Gasteiger partial charge in [-0.25, -0.2) is 0 Å². The lowest BCUT2D eigenvalue weighted by Crippen LogP contribution is -2.12. The van der Waals surface area contributed by atoms with Crippen LogP contribution < -0.4 is 10.1 Å². The second kappa shape index (κ2) is 3.03. The van der Waals surface area contributed by atoms with Crippen LogP contribution in [-0.2, 0) is 6.54 Å². The van der Waals surface area contributed by atoms with Crippen molar-refractivity contribution < 1.29 is 9.53 Å². The first kappa shape index (κ1) is 8.56. The summed E-state index contributed by atoms with van der Waals surface area (Å²) in [4.78, 5) is 11.4.